The predicted molar refractivity (Wildman–Crippen MR) is 66.2 cm³/mol. The number of carbonyl (C=O) groups is 1. The van der Waals surface area contributed by atoms with Crippen molar-refractivity contribution in [2.45, 2.75) is 11.3 Å². The minimum absolute atomic E-state index is 0.0778. The van der Waals surface area contributed by atoms with Gasteiger partial charge >= 0.3 is 5.97 Å². The number of esters is 1. The summed E-state index contributed by atoms with van der Waals surface area (Å²) in [6.07, 6.45) is 0.361. The van der Waals surface area contributed by atoms with Crippen molar-refractivity contribution in [1.29, 1.82) is 0 Å². The number of benzene rings is 1. The van der Waals surface area contributed by atoms with Crippen LogP contribution >= 0.6 is 10.7 Å². The fourth-order valence-corrected chi connectivity index (χ4v) is 2.07. The average molecular weight is 329 g/mol. The van der Waals surface area contributed by atoms with E-state index in [-0.39, 0.29) is 6.61 Å². The van der Waals surface area contributed by atoms with E-state index in [1.807, 2.05) is 0 Å². The smallest absolute Gasteiger partial charge is 0.341 e. The molecule has 0 aromatic heterocycles. The minimum Gasteiger partial charge on any atom is -0.462 e. The average Bonchev–Trinajstić information content (AvgIpc) is 2.36. The Hall–Kier alpha value is -1.25. The molecule has 0 N–H and O–H groups in total. The van der Waals surface area contributed by atoms with Crippen LogP contribution in [0.5, 0.6) is 0 Å². The molecule has 1 aromatic carbocycles. The first-order chi connectivity index (χ1) is 9.27. The largest absolute Gasteiger partial charge is 0.462 e. The van der Waals surface area contributed by atoms with Crippen molar-refractivity contribution in [3.05, 3.63) is 29.3 Å². The summed E-state index contributed by atoms with van der Waals surface area (Å²) in [4.78, 5) is 10.8. The van der Waals surface area contributed by atoms with Crippen molar-refractivity contribution in [2.24, 2.45) is 0 Å². The van der Waals surface area contributed by atoms with E-state index < -0.39 is 37.1 Å². The summed E-state index contributed by atoms with van der Waals surface area (Å²) in [7, 11) is 2.18. The number of methoxy groups -OCH3 is 1. The van der Waals surface area contributed by atoms with Gasteiger partial charge in [-0.3, -0.25) is 0 Å². The van der Waals surface area contributed by atoms with Crippen molar-refractivity contribution in [1.82, 2.24) is 0 Å². The molecular formula is C11H11ClF2O5S. The van der Waals surface area contributed by atoms with Crippen LogP contribution in [0.15, 0.2) is 17.0 Å². The summed E-state index contributed by atoms with van der Waals surface area (Å²) >= 11 is 0. The van der Waals surface area contributed by atoms with E-state index in [9.17, 15) is 22.0 Å². The summed E-state index contributed by atoms with van der Waals surface area (Å²) in [5.74, 6) is -4.18. The Morgan fingerprint density at radius 1 is 1.30 bits per heavy atom. The lowest BCUT2D eigenvalue weighted by Crippen LogP contribution is -2.12. The number of hydrogen-bond donors (Lipinski definition) is 0. The predicted octanol–water partition coefficient (Wildman–Crippen LogP) is 2.09. The normalized spacial score (nSPS) is 11.4. The monoisotopic (exact) mass is 328 g/mol. The molecule has 20 heavy (non-hydrogen) atoms. The third-order valence-corrected chi connectivity index (χ3v) is 3.56. The molecule has 1 aromatic rings. The molecule has 0 unspecified atom stereocenters. The number of hydrogen-bond acceptors (Lipinski definition) is 5. The summed E-state index contributed by atoms with van der Waals surface area (Å²) in [6, 6.07) is 1.01. The summed E-state index contributed by atoms with van der Waals surface area (Å²) in [5.41, 5.74) is -0.832. The van der Waals surface area contributed by atoms with E-state index in [2.05, 4.69) is 4.74 Å². The highest BCUT2D eigenvalue weighted by Crippen LogP contribution is 2.22. The second-order valence-electron chi connectivity index (χ2n) is 3.69. The Morgan fingerprint density at radius 2 is 1.95 bits per heavy atom. The molecule has 0 aliphatic carbocycles. The zero-order valence-corrected chi connectivity index (χ0v) is 11.9. The third kappa shape index (κ3) is 4.39. The molecule has 0 amide bonds. The minimum atomic E-state index is -4.29. The zero-order chi connectivity index (χ0) is 15.3. The first-order valence-corrected chi connectivity index (χ1v) is 7.68. The quantitative estimate of drug-likeness (QED) is 0.454. The Bertz CT molecular complexity index is 603. The SMILES string of the molecule is COCCCOC(=O)c1cc(S(=O)(=O)Cl)cc(F)c1F. The van der Waals surface area contributed by atoms with Gasteiger partial charge in [0.15, 0.2) is 11.6 Å². The molecule has 0 bridgehead atoms. The van der Waals surface area contributed by atoms with Crippen LogP contribution in [0, 0.1) is 11.6 Å². The molecule has 112 valence electrons. The van der Waals surface area contributed by atoms with E-state index >= 15 is 0 Å². The topological polar surface area (TPSA) is 69.7 Å². The van der Waals surface area contributed by atoms with Crippen LogP contribution in [0.3, 0.4) is 0 Å². The molecule has 0 aliphatic heterocycles. The van der Waals surface area contributed by atoms with Gasteiger partial charge in [0.25, 0.3) is 9.05 Å². The van der Waals surface area contributed by atoms with Gasteiger partial charge in [0.1, 0.15) is 0 Å². The molecule has 5 nitrogen and oxygen atoms in total. The number of ether oxygens (including phenoxy) is 2. The summed E-state index contributed by atoms with van der Waals surface area (Å²) in [6.45, 7) is 0.242. The third-order valence-electron chi connectivity index (χ3n) is 2.23. The maximum atomic E-state index is 13.5. The molecule has 0 radical (unpaired) electrons. The van der Waals surface area contributed by atoms with E-state index in [4.69, 9.17) is 15.4 Å². The van der Waals surface area contributed by atoms with Crippen LogP contribution in [0.2, 0.25) is 0 Å². The maximum Gasteiger partial charge on any atom is 0.341 e. The molecular weight excluding hydrogens is 318 g/mol. The Kier molecular flexibility index (Phi) is 5.85. The van der Waals surface area contributed by atoms with Gasteiger partial charge in [0.2, 0.25) is 0 Å². The zero-order valence-electron chi connectivity index (χ0n) is 10.4. The van der Waals surface area contributed by atoms with E-state index in [0.29, 0.717) is 25.2 Å². The second kappa shape index (κ2) is 6.96. The van der Waals surface area contributed by atoms with Gasteiger partial charge in [0.05, 0.1) is 17.1 Å². The lowest BCUT2D eigenvalue weighted by Gasteiger charge is -2.07. The molecule has 0 spiro atoms. The second-order valence-corrected chi connectivity index (χ2v) is 6.25. The lowest BCUT2D eigenvalue weighted by atomic mass is 10.2. The van der Waals surface area contributed by atoms with Crippen molar-refractivity contribution in [3.8, 4) is 0 Å². The van der Waals surface area contributed by atoms with E-state index in [0.717, 1.165) is 0 Å². The van der Waals surface area contributed by atoms with Crippen LogP contribution in [0.1, 0.15) is 16.8 Å². The molecule has 0 saturated heterocycles. The van der Waals surface area contributed by atoms with Gasteiger partial charge < -0.3 is 9.47 Å². The van der Waals surface area contributed by atoms with Crippen LogP contribution in [-0.4, -0.2) is 34.7 Å². The van der Waals surface area contributed by atoms with Crippen molar-refractivity contribution >= 4 is 25.7 Å². The van der Waals surface area contributed by atoms with Gasteiger partial charge in [-0.15, -0.1) is 0 Å². The molecule has 0 atom stereocenters. The number of carbonyl (C=O) groups excluding carboxylic acids is 1. The fourth-order valence-electron chi connectivity index (χ4n) is 1.30. The van der Waals surface area contributed by atoms with Crippen molar-refractivity contribution in [2.75, 3.05) is 20.3 Å². The van der Waals surface area contributed by atoms with Gasteiger partial charge in [-0.1, -0.05) is 0 Å². The van der Waals surface area contributed by atoms with Crippen molar-refractivity contribution < 1.29 is 31.5 Å². The van der Waals surface area contributed by atoms with Crippen molar-refractivity contribution in [3.63, 3.8) is 0 Å². The number of rotatable bonds is 6. The molecule has 1 rings (SSSR count). The lowest BCUT2D eigenvalue weighted by molar-refractivity contribution is 0.0461. The highest BCUT2D eigenvalue weighted by molar-refractivity contribution is 8.13. The van der Waals surface area contributed by atoms with Gasteiger partial charge in [-0.2, -0.15) is 0 Å². The van der Waals surface area contributed by atoms with E-state index in [1.54, 1.807) is 0 Å². The Balaban J connectivity index is 2.99. The summed E-state index contributed by atoms with van der Waals surface area (Å²) in [5, 5.41) is 0. The first kappa shape index (κ1) is 16.8. The van der Waals surface area contributed by atoms with Crippen LogP contribution < -0.4 is 0 Å². The van der Waals surface area contributed by atoms with Crippen LogP contribution in [-0.2, 0) is 18.5 Å². The highest BCUT2D eigenvalue weighted by Gasteiger charge is 2.22. The first-order valence-electron chi connectivity index (χ1n) is 5.37. The van der Waals surface area contributed by atoms with Gasteiger partial charge in [-0.05, 0) is 12.1 Å². The molecule has 0 saturated carbocycles. The van der Waals surface area contributed by atoms with Crippen LogP contribution in [0.25, 0.3) is 0 Å². The van der Waals surface area contributed by atoms with Crippen LogP contribution in [0.4, 0.5) is 8.78 Å². The highest BCUT2D eigenvalue weighted by atomic mass is 35.7. The van der Waals surface area contributed by atoms with Gasteiger partial charge in [0, 0.05) is 30.8 Å². The Labute approximate surface area is 118 Å². The Morgan fingerprint density at radius 3 is 2.50 bits per heavy atom. The fraction of sp³-hybridized carbons (Fsp3) is 0.364. The molecule has 0 heterocycles. The summed E-state index contributed by atoms with van der Waals surface area (Å²) < 4.78 is 58.2. The maximum absolute atomic E-state index is 13.5. The van der Waals surface area contributed by atoms with E-state index in [1.165, 1.54) is 7.11 Å². The molecule has 0 fully saturated rings. The van der Waals surface area contributed by atoms with Gasteiger partial charge in [-0.25, -0.2) is 22.0 Å². The standard InChI is InChI=1S/C11H11ClF2O5S/c1-18-3-2-4-19-11(15)8-5-7(20(12,16)17)6-9(13)10(8)14/h5-6H,2-4H2,1H3. The number of halogens is 3. The molecule has 0 aliphatic rings. The molecule has 9 heteroatoms.